The molecule has 1 unspecified atom stereocenters. The van der Waals surface area contributed by atoms with Crippen LogP contribution in [0.25, 0.3) is 0 Å². The van der Waals surface area contributed by atoms with Crippen LogP contribution in [0.3, 0.4) is 0 Å². The van der Waals surface area contributed by atoms with Crippen molar-refractivity contribution in [3.8, 4) is 0 Å². The van der Waals surface area contributed by atoms with Crippen LogP contribution in [-0.2, 0) is 11.2 Å². The lowest BCUT2D eigenvalue weighted by Crippen LogP contribution is -2.17. The highest BCUT2D eigenvalue weighted by Gasteiger charge is 2.22. The molecule has 0 aliphatic heterocycles. The summed E-state index contributed by atoms with van der Waals surface area (Å²) in [7, 11) is 0. The van der Waals surface area contributed by atoms with E-state index in [0.29, 0.717) is 5.56 Å². The van der Waals surface area contributed by atoms with Crippen molar-refractivity contribution in [2.24, 2.45) is 0 Å². The molecule has 1 N–H and O–H groups in total. The molecule has 1 aromatic carbocycles. The topological polar surface area (TPSA) is 63.1 Å². The van der Waals surface area contributed by atoms with Gasteiger partial charge >= 0.3 is 5.97 Å². The zero-order valence-corrected chi connectivity index (χ0v) is 9.45. The fourth-order valence-corrected chi connectivity index (χ4v) is 1.68. The van der Waals surface area contributed by atoms with Gasteiger partial charge in [0.1, 0.15) is 17.6 Å². The van der Waals surface area contributed by atoms with Gasteiger partial charge in [-0.3, -0.25) is 4.79 Å². The van der Waals surface area contributed by atoms with Crippen LogP contribution < -0.4 is 0 Å². The third-order valence-electron chi connectivity index (χ3n) is 2.52. The first-order chi connectivity index (χ1) is 8.66. The summed E-state index contributed by atoms with van der Waals surface area (Å²) in [4.78, 5) is 19.1. The number of halogens is 1. The van der Waals surface area contributed by atoms with Gasteiger partial charge in [-0.2, -0.15) is 0 Å². The number of aromatic nitrogens is 2. The first kappa shape index (κ1) is 12.2. The number of carbonyl (C=O) groups is 1. The number of carboxylic acid groups (broad SMARTS) is 1. The summed E-state index contributed by atoms with van der Waals surface area (Å²) >= 11 is 0. The van der Waals surface area contributed by atoms with Crippen molar-refractivity contribution in [2.45, 2.75) is 12.3 Å². The summed E-state index contributed by atoms with van der Waals surface area (Å²) in [5.74, 6) is -2.04. The molecular weight excluding hydrogens is 235 g/mol. The third-order valence-corrected chi connectivity index (χ3v) is 2.52. The lowest BCUT2D eigenvalue weighted by molar-refractivity contribution is -0.139. The van der Waals surface area contributed by atoms with Crippen molar-refractivity contribution in [3.63, 3.8) is 0 Å². The summed E-state index contributed by atoms with van der Waals surface area (Å²) in [6, 6.07) is 7.49. The number of nitrogens with zero attached hydrogens (tertiary/aromatic N) is 2. The molecular formula is C13H11FN2O2. The van der Waals surface area contributed by atoms with E-state index in [1.165, 1.54) is 24.5 Å². The van der Waals surface area contributed by atoms with Gasteiger partial charge in [0.2, 0.25) is 0 Å². The van der Waals surface area contributed by atoms with Crippen molar-refractivity contribution >= 4 is 5.97 Å². The van der Waals surface area contributed by atoms with Crippen LogP contribution in [0.2, 0.25) is 0 Å². The molecule has 0 radical (unpaired) electrons. The molecule has 18 heavy (non-hydrogen) atoms. The van der Waals surface area contributed by atoms with E-state index in [1.54, 1.807) is 18.2 Å². The highest BCUT2D eigenvalue weighted by Crippen LogP contribution is 2.18. The van der Waals surface area contributed by atoms with Crippen molar-refractivity contribution in [2.75, 3.05) is 0 Å². The Hall–Kier alpha value is -2.30. The number of carboxylic acids is 1. The molecule has 0 spiro atoms. The second kappa shape index (κ2) is 5.35. The first-order valence-corrected chi connectivity index (χ1v) is 5.41. The minimum Gasteiger partial charge on any atom is -0.481 e. The van der Waals surface area contributed by atoms with E-state index in [-0.39, 0.29) is 18.1 Å². The van der Waals surface area contributed by atoms with Gasteiger partial charge in [0.05, 0.1) is 0 Å². The fraction of sp³-hybridized carbons (Fsp3) is 0.154. The number of benzene rings is 1. The maximum atomic E-state index is 13.0. The third kappa shape index (κ3) is 2.88. The lowest BCUT2D eigenvalue weighted by Gasteiger charge is -2.10. The maximum absolute atomic E-state index is 13.0. The molecule has 2 aromatic rings. The van der Waals surface area contributed by atoms with Crippen LogP contribution in [0, 0.1) is 5.82 Å². The van der Waals surface area contributed by atoms with Crippen LogP contribution in [0.15, 0.2) is 42.7 Å². The summed E-state index contributed by atoms with van der Waals surface area (Å²) in [6.07, 6.45) is 3.14. The SMILES string of the molecule is O=C(O)C(Cc1cccc(F)c1)c1ncccn1. The molecule has 0 saturated heterocycles. The number of hydrogen-bond acceptors (Lipinski definition) is 3. The Bertz CT molecular complexity index is 546. The molecule has 0 amide bonds. The first-order valence-electron chi connectivity index (χ1n) is 5.41. The summed E-state index contributed by atoms with van der Waals surface area (Å²) in [5, 5.41) is 9.18. The predicted molar refractivity (Wildman–Crippen MR) is 62.5 cm³/mol. The Labute approximate surface area is 103 Å². The molecule has 0 bridgehead atoms. The van der Waals surface area contributed by atoms with Crippen molar-refractivity contribution in [1.29, 1.82) is 0 Å². The van der Waals surface area contributed by atoms with Gasteiger partial charge in [0.25, 0.3) is 0 Å². The lowest BCUT2D eigenvalue weighted by atomic mass is 9.98. The average molecular weight is 246 g/mol. The quantitative estimate of drug-likeness (QED) is 0.896. The Morgan fingerprint density at radius 3 is 2.61 bits per heavy atom. The van der Waals surface area contributed by atoms with Gasteiger partial charge in [-0.25, -0.2) is 14.4 Å². The summed E-state index contributed by atoms with van der Waals surface area (Å²) in [5.41, 5.74) is 0.606. The molecule has 0 aliphatic rings. The molecule has 2 rings (SSSR count). The van der Waals surface area contributed by atoms with Crippen LogP contribution >= 0.6 is 0 Å². The number of hydrogen-bond donors (Lipinski definition) is 1. The van der Waals surface area contributed by atoms with Crippen molar-refractivity contribution in [3.05, 3.63) is 59.9 Å². The van der Waals surface area contributed by atoms with Crippen LogP contribution in [0.5, 0.6) is 0 Å². The second-order valence-corrected chi connectivity index (χ2v) is 3.83. The van der Waals surface area contributed by atoms with Gasteiger partial charge in [-0.15, -0.1) is 0 Å². The molecule has 1 atom stereocenters. The van der Waals surface area contributed by atoms with Crippen molar-refractivity contribution in [1.82, 2.24) is 9.97 Å². The highest BCUT2D eigenvalue weighted by atomic mass is 19.1. The molecule has 5 heteroatoms. The largest absolute Gasteiger partial charge is 0.481 e. The summed E-state index contributed by atoms with van der Waals surface area (Å²) in [6.45, 7) is 0. The van der Waals surface area contributed by atoms with E-state index in [2.05, 4.69) is 9.97 Å². The minimum atomic E-state index is -1.02. The number of rotatable bonds is 4. The van der Waals surface area contributed by atoms with E-state index >= 15 is 0 Å². The highest BCUT2D eigenvalue weighted by molar-refractivity contribution is 5.75. The zero-order chi connectivity index (χ0) is 13.0. The molecule has 1 aromatic heterocycles. The molecule has 0 aliphatic carbocycles. The minimum absolute atomic E-state index is 0.164. The van der Waals surface area contributed by atoms with Crippen molar-refractivity contribution < 1.29 is 14.3 Å². The van der Waals surface area contributed by atoms with Crippen LogP contribution in [0.1, 0.15) is 17.3 Å². The number of aliphatic carboxylic acids is 1. The normalized spacial score (nSPS) is 12.1. The second-order valence-electron chi connectivity index (χ2n) is 3.83. The average Bonchev–Trinajstić information content (AvgIpc) is 2.37. The van der Waals surface area contributed by atoms with Gasteiger partial charge in [0.15, 0.2) is 0 Å². The van der Waals surface area contributed by atoms with E-state index in [0.717, 1.165) is 0 Å². The predicted octanol–water partition coefficient (Wildman–Crippen LogP) is 2.03. The van der Waals surface area contributed by atoms with E-state index < -0.39 is 11.9 Å². The van der Waals surface area contributed by atoms with Gasteiger partial charge in [0, 0.05) is 12.4 Å². The smallest absolute Gasteiger partial charge is 0.314 e. The Morgan fingerprint density at radius 1 is 1.28 bits per heavy atom. The van der Waals surface area contributed by atoms with Crippen LogP contribution in [0.4, 0.5) is 4.39 Å². The van der Waals surface area contributed by atoms with Gasteiger partial charge in [-0.1, -0.05) is 12.1 Å². The Morgan fingerprint density at radius 2 is 2.00 bits per heavy atom. The Balaban J connectivity index is 2.25. The standard InChI is InChI=1S/C13H11FN2O2/c14-10-4-1-3-9(7-10)8-11(13(17)18)12-15-5-2-6-16-12/h1-7,11H,8H2,(H,17,18). The fourth-order valence-electron chi connectivity index (χ4n) is 1.68. The van der Waals surface area contributed by atoms with E-state index in [4.69, 9.17) is 0 Å². The maximum Gasteiger partial charge on any atom is 0.314 e. The monoisotopic (exact) mass is 246 g/mol. The van der Waals surface area contributed by atoms with E-state index in [1.807, 2.05) is 0 Å². The van der Waals surface area contributed by atoms with Gasteiger partial charge in [-0.05, 0) is 30.2 Å². The summed E-state index contributed by atoms with van der Waals surface area (Å²) < 4.78 is 13.0. The molecule has 0 fully saturated rings. The Kier molecular flexibility index (Phi) is 3.62. The molecule has 92 valence electrons. The van der Waals surface area contributed by atoms with Gasteiger partial charge < -0.3 is 5.11 Å². The van der Waals surface area contributed by atoms with E-state index in [9.17, 15) is 14.3 Å². The molecule has 4 nitrogen and oxygen atoms in total. The zero-order valence-electron chi connectivity index (χ0n) is 9.45. The molecule has 1 heterocycles. The molecule has 0 saturated carbocycles. The van der Waals surface area contributed by atoms with Crippen LogP contribution in [-0.4, -0.2) is 21.0 Å².